The Labute approximate surface area is 166 Å². The highest BCUT2D eigenvalue weighted by molar-refractivity contribution is 5.92. The normalized spacial score (nSPS) is 13.1. The van der Waals surface area contributed by atoms with E-state index >= 15 is 0 Å². The van der Waals surface area contributed by atoms with E-state index in [-0.39, 0.29) is 42.6 Å². The third-order valence-corrected chi connectivity index (χ3v) is 3.85. The number of nitrogens with one attached hydrogen (secondary N) is 4. The van der Waals surface area contributed by atoms with Gasteiger partial charge in [0.15, 0.2) is 5.96 Å². The molecule has 148 valence electrons. The molecule has 1 rings (SSSR count). The van der Waals surface area contributed by atoms with Crippen molar-refractivity contribution < 1.29 is 9.59 Å². The van der Waals surface area contributed by atoms with E-state index in [1.54, 1.807) is 24.3 Å². The number of amides is 2. The third-order valence-electron chi connectivity index (χ3n) is 3.85. The molecule has 0 radical (unpaired) electrons. The molecule has 3 atom stereocenters. The molecule has 26 heavy (non-hydrogen) atoms. The molecule has 1 aromatic carbocycles. The fraction of sp³-hybridized carbons (Fsp3) is 0.438. The summed E-state index contributed by atoms with van der Waals surface area (Å²) >= 11 is 0. The van der Waals surface area contributed by atoms with Gasteiger partial charge in [-0.3, -0.25) is 15.0 Å². The molecular formula is C16H28Cl2N6O2. The average molecular weight is 407 g/mol. The van der Waals surface area contributed by atoms with Crippen molar-refractivity contribution in [2.24, 2.45) is 17.4 Å². The van der Waals surface area contributed by atoms with Crippen molar-refractivity contribution in [2.45, 2.75) is 32.4 Å². The summed E-state index contributed by atoms with van der Waals surface area (Å²) in [5.41, 5.74) is 12.4. The molecule has 1 aromatic rings. The summed E-state index contributed by atoms with van der Waals surface area (Å²) in [6.07, 6.45) is 0.742. The van der Waals surface area contributed by atoms with Crippen molar-refractivity contribution in [2.75, 3.05) is 12.4 Å². The van der Waals surface area contributed by atoms with E-state index in [2.05, 4.69) is 16.0 Å². The van der Waals surface area contributed by atoms with E-state index in [9.17, 15) is 9.59 Å². The molecule has 0 heterocycles. The fourth-order valence-electron chi connectivity index (χ4n) is 2.22. The van der Waals surface area contributed by atoms with Crippen molar-refractivity contribution in [1.29, 1.82) is 5.41 Å². The van der Waals surface area contributed by atoms with Gasteiger partial charge in [0, 0.05) is 12.7 Å². The molecule has 2 amide bonds. The molecule has 0 spiro atoms. The summed E-state index contributed by atoms with van der Waals surface area (Å²) in [7, 11) is 1.53. The molecule has 1 unspecified atom stereocenters. The van der Waals surface area contributed by atoms with Gasteiger partial charge in [0.2, 0.25) is 11.8 Å². The van der Waals surface area contributed by atoms with Gasteiger partial charge in [-0.2, -0.15) is 0 Å². The number of anilines is 1. The van der Waals surface area contributed by atoms with Crippen molar-refractivity contribution in [1.82, 2.24) is 10.6 Å². The molecular weight excluding hydrogens is 379 g/mol. The Kier molecular flexibility index (Phi) is 12.4. The number of halogens is 2. The molecule has 10 heteroatoms. The van der Waals surface area contributed by atoms with Crippen LogP contribution in [-0.4, -0.2) is 30.9 Å². The lowest BCUT2D eigenvalue weighted by atomic mass is 9.97. The zero-order valence-corrected chi connectivity index (χ0v) is 16.7. The highest BCUT2D eigenvalue weighted by Gasteiger charge is 2.27. The Balaban J connectivity index is 0. The van der Waals surface area contributed by atoms with Crippen LogP contribution in [0.1, 0.15) is 31.9 Å². The topological polar surface area (TPSA) is 146 Å². The Morgan fingerprint density at radius 2 is 1.85 bits per heavy atom. The van der Waals surface area contributed by atoms with Gasteiger partial charge >= 0.3 is 0 Å². The van der Waals surface area contributed by atoms with Crippen LogP contribution < -0.4 is 27.4 Å². The largest absolute Gasteiger partial charge is 0.370 e. The van der Waals surface area contributed by atoms with Gasteiger partial charge in [-0.25, -0.2) is 0 Å². The van der Waals surface area contributed by atoms with Crippen LogP contribution in [0.25, 0.3) is 0 Å². The van der Waals surface area contributed by atoms with E-state index in [1.165, 1.54) is 7.05 Å². The number of hydrogen-bond donors (Lipinski definition) is 6. The predicted molar refractivity (Wildman–Crippen MR) is 109 cm³/mol. The smallest absolute Gasteiger partial charge is 0.242 e. The van der Waals surface area contributed by atoms with Crippen LogP contribution in [0.5, 0.6) is 0 Å². The molecule has 0 saturated heterocycles. The minimum Gasteiger partial charge on any atom is -0.370 e. The lowest BCUT2D eigenvalue weighted by Crippen LogP contribution is -2.51. The standard InChI is InChI=1S/C16H26N6O2.2ClH/c1-4-9(2)13(15(24)20-3)22-14(23)12(17)10-6-5-7-11(8-10)21-16(18)19;;/h5-9,12-13H,4,17H2,1-3H3,(H,20,24)(H,22,23)(H4,18,19,21);2*1H/t9-,12?,13-;;/m0../s1. The fourth-order valence-corrected chi connectivity index (χ4v) is 2.22. The molecule has 8 N–H and O–H groups in total. The number of rotatable bonds is 7. The maximum Gasteiger partial charge on any atom is 0.242 e. The van der Waals surface area contributed by atoms with E-state index < -0.39 is 18.0 Å². The van der Waals surface area contributed by atoms with E-state index in [4.69, 9.17) is 16.9 Å². The minimum absolute atomic E-state index is 0. The molecule has 0 bridgehead atoms. The monoisotopic (exact) mass is 406 g/mol. The average Bonchev–Trinajstić information content (AvgIpc) is 2.57. The lowest BCUT2D eigenvalue weighted by molar-refractivity contribution is -0.130. The highest BCUT2D eigenvalue weighted by atomic mass is 35.5. The van der Waals surface area contributed by atoms with Crippen LogP contribution in [0.4, 0.5) is 5.69 Å². The minimum atomic E-state index is -0.935. The first-order valence-electron chi connectivity index (χ1n) is 7.78. The number of hydrogen-bond acceptors (Lipinski definition) is 4. The Morgan fingerprint density at radius 3 is 2.35 bits per heavy atom. The van der Waals surface area contributed by atoms with Gasteiger partial charge in [0.05, 0.1) is 0 Å². The Morgan fingerprint density at radius 1 is 1.23 bits per heavy atom. The van der Waals surface area contributed by atoms with Gasteiger partial charge < -0.3 is 27.4 Å². The number of benzene rings is 1. The van der Waals surface area contributed by atoms with Gasteiger partial charge in [0.1, 0.15) is 12.1 Å². The van der Waals surface area contributed by atoms with Crippen LogP contribution in [0.15, 0.2) is 24.3 Å². The summed E-state index contributed by atoms with van der Waals surface area (Å²) in [4.78, 5) is 24.4. The first-order valence-corrected chi connectivity index (χ1v) is 7.78. The second kappa shape index (κ2) is 12.3. The van der Waals surface area contributed by atoms with Crippen molar-refractivity contribution >= 4 is 48.3 Å². The summed E-state index contributed by atoms with van der Waals surface area (Å²) in [6, 6.07) is 5.19. The summed E-state index contributed by atoms with van der Waals surface area (Å²) < 4.78 is 0. The van der Waals surface area contributed by atoms with E-state index in [0.717, 1.165) is 6.42 Å². The van der Waals surface area contributed by atoms with Crippen molar-refractivity contribution in [3.05, 3.63) is 29.8 Å². The number of nitrogens with two attached hydrogens (primary N) is 2. The van der Waals surface area contributed by atoms with Gasteiger partial charge in [-0.05, 0) is 23.6 Å². The summed E-state index contributed by atoms with van der Waals surface area (Å²) in [5.74, 6) is -0.922. The van der Waals surface area contributed by atoms with Gasteiger partial charge in [-0.1, -0.05) is 32.4 Å². The molecule has 0 fully saturated rings. The van der Waals surface area contributed by atoms with Crippen LogP contribution in [0.3, 0.4) is 0 Å². The molecule has 8 nitrogen and oxygen atoms in total. The predicted octanol–water partition coefficient (Wildman–Crippen LogP) is 1.11. The first kappa shape index (κ1) is 26.2. The molecule has 0 aliphatic heterocycles. The molecule has 0 saturated carbocycles. The van der Waals surface area contributed by atoms with Gasteiger partial charge in [0.25, 0.3) is 0 Å². The number of guanidine groups is 1. The quantitative estimate of drug-likeness (QED) is 0.296. The SMILES string of the molecule is CC[C@H](C)[C@H](NC(=O)C(N)c1cccc(NC(=N)N)c1)C(=O)NC.Cl.Cl. The lowest BCUT2D eigenvalue weighted by Gasteiger charge is -2.24. The Hall–Kier alpha value is -2.03. The Bertz CT molecular complexity index is 614. The van der Waals surface area contributed by atoms with Crippen molar-refractivity contribution in [3.8, 4) is 0 Å². The number of carbonyl (C=O) groups is 2. The highest BCUT2D eigenvalue weighted by Crippen LogP contribution is 2.17. The first-order chi connectivity index (χ1) is 11.3. The van der Waals surface area contributed by atoms with Crippen LogP contribution >= 0.6 is 24.8 Å². The van der Waals surface area contributed by atoms with Crippen LogP contribution in [0.2, 0.25) is 0 Å². The summed E-state index contributed by atoms with van der Waals surface area (Å²) in [6.45, 7) is 3.84. The zero-order valence-electron chi connectivity index (χ0n) is 15.0. The van der Waals surface area contributed by atoms with E-state index in [1.807, 2.05) is 13.8 Å². The van der Waals surface area contributed by atoms with Crippen LogP contribution in [-0.2, 0) is 9.59 Å². The van der Waals surface area contributed by atoms with Crippen molar-refractivity contribution in [3.63, 3.8) is 0 Å². The molecule has 0 aliphatic carbocycles. The zero-order chi connectivity index (χ0) is 18.3. The number of carbonyl (C=O) groups excluding carboxylic acids is 2. The maximum absolute atomic E-state index is 12.4. The summed E-state index contributed by atoms with van der Waals surface area (Å²) in [5, 5.41) is 15.1. The second-order valence-electron chi connectivity index (χ2n) is 5.63. The number of likely N-dealkylation sites (N-methyl/N-ethyl adjacent to an activating group) is 1. The third kappa shape index (κ3) is 7.47. The van der Waals surface area contributed by atoms with Crippen LogP contribution in [0, 0.1) is 11.3 Å². The second-order valence-corrected chi connectivity index (χ2v) is 5.63. The molecule has 0 aromatic heterocycles. The maximum atomic E-state index is 12.4. The van der Waals surface area contributed by atoms with E-state index in [0.29, 0.717) is 11.3 Å². The van der Waals surface area contributed by atoms with Gasteiger partial charge in [-0.15, -0.1) is 24.8 Å². The molecule has 0 aliphatic rings.